The molecule has 23 heavy (non-hydrogen) atoms. The molecule has 1 aromatic rings. The molecule has 6 nitrogen and oxygen atoms in total. The number of aromatic nitrogens is 2. The number of hydrogen-bond donors (Lipinski definition) is 0. The first-order chi connectivity index (χ1) is 10.8. The number of rotatable bonds is 4. The SMILES string of the molecule is CCOC1CCCC(n2cc(B3OC(C)(C)C(C)(C)O3)cn2)O1. The third-order valence-electron chi connectivity index (χ3n) is 4.99. The molecule has 0 bridgehead atoms. The summed E-state index contributed by atoms with van der Waals surface area (Å²) in [6.07, 6.45) is 6.49. The van der Waals surface area contributed by atoms with Gasteiger partial charge in [-0.1, -0.05) is 0 Å². The summed E-state index contributed by atoms with van der Waals surface area (Å²) in [6, 6.07) is 0. The van der Waals surface area contributed by atoms with Crippen LogP contribution in [0.2, 0.25) is 0 Å². The lowest BCUT2D eigenvalue weighted by atomic mass is 9.82. The molecule has 3 heterocycles. The zero-order chi connectivity index (χ0) is 16.7. The first-order valence-electron chi connectivity index (χ1n) is 8.49. The van der Waals surface area contributed by atoms with Crippen LogP contribution in [0.4, 0.5) is 0 Å². The van der Waals surface area contributed by atoms with E-state index in [4.69, 9.17) is 18.8 Å². The van der Waals surface area contributed by atoms with Crippen molar-refractivity contribution in [1.82, 2.24) is 9.78 Å². The summed E-state index contributed by atoms with van der Waals surface area (Å²) in [6.45, 7) is 10.8. The molecule has 1 aromatic heterocycles. The van der Waals surface area contributed by atoms with E-state index in [0.29, 0.717) is 6.61 Å². The van der Waals surface area contributed by atoms with Crippen LogP contribution in [0, 0.1) is 0 Å². The van der Waals surface area contributed by atoms with Crippen LogP contribution in [0.5, 0.6) is 0 Å². The van der Waals surface area contributed by atoms with Crippen molar-refractivity contribution in [2.45, 2.75) is 77.6 Å². The number of nitrogens with zero attached hydrogens (tertiary/aromatic N) is 2. The van der Waals surface area contributed by atoms with Crippen molar-refractivity contribution in [3.05, 3.63) is 12.4 Å². The zero-order valence-corrected chi connectivity index (χ0v) is 14.7. The Balaban J connectivity index is 1.69. The molecule has 0 radical (unpaired) electrons. The van der Waals surface area contributed by atoms with Gasteiger partial charge < -0.3 is 18.8 Å². The predicted molar refractivity (Wildman–Crippen MR) is 87.3 cm³/mol. The maximum Gasteiger partial charge on any atom is 0.498 e. The summed E-state index contributed by atoms with van der Waals surface area (Å²) in [4.78, 5) is 0. The second-order valence-corrected chi connectivity index (χ2v) is 7.25. The van der Waals surface area contributed by atoms with Crippen LogP contribution in [0.25, 0.3) is 0 Å². The average molecular weight is 322 g/mol. The topological polar surface area (TPSA) is 54.7 Å². The van der Waals surface area contributed by atoms with Gasteiger partial charge in [-0.2, -0.15) is 5.10 Å². The van der Waals surface area contributed by atoms with Gasteiger partial charge >= 0.3 is 7.12 Å². The van der Waals surface area contributed by atoms with Gasteiger partial charge in [0.1, 0.15) is 0 Å². The summed E-state index contributed by atoms with van der Waals surface area (Å²) in [5, 5.41) is 4.45. The molecular formula is C16H27BN2O4. The van der Waals surface area contributed by atoms with E-state index >= 15 is 0 Å². The van der Waals surface area contributed by atoms with Gasteiger partial charge in [-0.05, 0) is 53.9 Å². The lowest BCUT2D eigenvalue weighted by Gasteiger charge is -2.32. The molecule has 0 aliphatic carbocycles. The van der Waals surface area contributed by atoms with Crippen molar-refractivity contribution in [3.63, 3.8) is 0 Å². The third kappa shape index (κ3) is 3.33. The molecule has 3 rings (SSSR count). The highest BCUT2D eigenvalue weighted by molar-refractivity contribution is 6.61. The van der Waals surface area contributed by atoms with Gasteiger partial charge in [0.05, 0.1) is 11.2 Å². The monoisotopic (exact) mass is 322 g/mol. The van der Waals surface area contributed by atoms with Gasteiger partial charge in [-0.15, -0.1) is 0 Å². The van der Waals surface area contributed by atoms with Crippen LogP contribution in [0.15, 0.2) is 12.4 Å². The van der Waals surface area contributed by atoms with Gasteiger partial charge in [-0.25, -0.2) is 4.68 Å². The Morgan fingerprint density at radius 3 is 2.61 bits per heavy atom. The van der Waals surface area contributed by atoms with Crippen LogP contribution in [0.1, 0.15) is 60.1 Å². The first-order valence-corrected chi connectivity index (χ1v) is 8.49. The van der Waals surface area contributed by atoms with Crippen LogP contribution in [0.3, 0.4) is 0 Å². The van der Waals surface area contributed by atoms with E-state index in [9.17, 15) is 0 Å². The maximum atomic E-state index is 6.07. The van der Waals surface area contributed by atoms with E-state index in [1.54, 1.807) is 6.20 Å². The minimum absolute atomic E-state index is 0.0866. The molecule has 0 N–H and O–H groups in total. The fourth-order valence-electron chi connectivity index (χ4n) is 2.88. The van der Waals surface area contributed by atoms with Gasteiger partial charge in [0.2, 0.25) is 0 Å². The minimum atomic E-state index is -0.389. The Morgan fingerprint density at radius 1 is 1.26 bits per heavy atom. The van der Waals surface area contributed by atoms with Crippen molar-refractivity contribution in [2.75, 3.05) is 6.61 Å². The standard InChI is InChI=1S/C16H27BN2O4/c1-6-20-14-9-7-8-13(21-14)19-11-12(10-18-19)17-22-15(2,3)16(4,5)23-17/h10-11,13-14H,6-9H2,1-5H3. The molecule has 0 saturated carbocycles. The number of hydrogen-bond acceptors (Lipinski definition) is 5. The molecule has 7 heteroatoms. The average Bonchev–Trinajstić information content (AvgIpc) is 3.03. The van der Waals surface area contributed by atoms with E-state index in [0.717, 1.165) is 24.7 Å². The molecule has 2 saturated heterocycles. The van der Waals surface area contributed by atoms with E-state index in [1.807, 2.05) is 45.5 Å². The van der Waals surface area contributed by atoms with Crippen LogP contribution >= 0.6 is 0 Å². The van der Waals surface area contributed by atoms with Crippen LogP contribution < -0.4 is 5.46 Å². The molecular weight excluding hydrogens is 295 g/mol. The summed E-state index contributed by atoms with van der Waals surface area (Å²) in [5.74, 6) is 0. The fourth-order valence-corrected chi connectivity index (χ4v) is 2.88. The molecule has 2 unspecified atom stereocenters. The summed E-state index contributed by atoms with van der Waals surface area (Å²) < 4.78 is 25.5. The largest absolute Gasteiger partial charge is 0.498 e. The van der Waals surface area contributed by atoms with E-state index < -0.39 is 0 Å². The highest BCUT2D eigenvalue weighted by Gasteiger charge is 2.52. The molecule has 2 aliphatic rings. The summed E-state index contributed by atoms with van der Waals surface area (Å²) in [5.41, 5.74) is 0.230. The van der Waals surface area contributed by atoms with E-state index in [-0.39, 0.29) is 30.8 Å². The summed E-state index contributed by atoms with van der Waals surface area (Å²) >= 11 is 0. The van der Waals surface area contributed by atoms with Gasteiger partial charge in [0.25, 0.3) is 0 Å². The van der Waals surface area contributed by atoms with Gasteiger partial charge in [0, 0.05) is 24.5 Å². The Labute approximate surface area is 138 Å². The van der Waals surface area contributed by atoms with Crippen molar-refractivity contribution in [1.29, 1.82) is 0 Å². The fraction of sp³-hybridized carbons (Fsp3) is 0.812. The molecule has 0 aromatic carbocycles. The summed E-state index contributed by atoms with van der Waals surface area (Å²) in [7, 11) is -0.389. The normalized spacial score (nSPS) is 29.9. The molecule has 0 amide bonds. The first kappa shape index (κ1) is 17.0. The lowest BCUT2D eigenvalue weighted by Crippen LogP contribution is -2.41. The quantitative estimate of drug-likeness (QED) is 0.796. The second-order valence-electron chi connectivity index (χ2n) is 7.25. The molecule has 2 atom stereocenters. The van der Waals surface area contributed by atoms with Gasteiger partial charge in [0.15, 0.2) is 12.5 Å². The molecule has 128 valence electrons. The molecule has 2 aliphatic heterocycles. The third-order valence-corrected chi connectivity index (χ3v) is 4.99. The van der Waals surface area contributed by atoms with Crippen molar-refractivity contribution >= 4 is 12.6 Å². The Hall–Kier alpha value is -0.885. The second kappa shape index (κ2) is 6.20. The minimum Gasteiger partial charge on any atom is -0.399 e. The highest BCUT2D eigenvalue weighted by Crippen LogP contribution is 2.36. The van der Waals surface area contributed by atoms with E-state index in [2.05, 4.69) is 5.10 Å². The Bertz CT molecular complexity index is 528. The maximum absolute atomic E-state index is 6.07. The lowest BCUT2D eigenvalue weighted by molar-refractivity contribution is -0.215. The van der Waals surface area contributed by atoms with Crippen LogP contribution in [-0.2, 0) is 18.8 Å². The van der Waals surface area contributed by atoms with Crippen molar-refractivity contribution < 1.29 is 18.8 Å². The smallest absolute Gasteiger partial charge is 0.399 e. The highest BCUT2D eigenvalue weighted by atomic mass is 16.7. The molecule has 0 spiro atoms. The van der Waals surface area contributed by atoms with Crippen molar-refractivity contribution in [3.8, 4) is 0 Å². The molecule has 2 fully saturated rings. The van der Waals surface area contributed by atoms with Crippen LogP contribution in [-0.4, -0.2) is 41.0 Å². The van der Waals surface area contributed by atoms with Crippen molar-refractivity contribution in [2.24, 2.45) is 0 Å². The van der Waals surface area contributed by atoms with E-state index in [1.165, 1.54) is 0 Å². The zero-order valence-electron chi connectivity index (χ0n) is 14.7. The predicted octanol–water partition coefficient (Wildman–Crippen LogP) is 2.24. The Kier molecular flexibility index (Phi) is 4.57. The van der Waals surface area contributed by atoms with Gasteiger partial charge in [-0.3, -0.25) is 0 Å². The number of ether oxygens (including phenoxy) is 2. The Morgan fingerprint density at radius 2 is 1.96 bits per heavy atom.